The average Bonchev–Trinajstić information content (AvgIpc) is 3.36. The van der Waals surface area contributed by atoms with Gasteiger partial charge in [-0.2, -0.15) is 5.10 Å². The Bertz CT molecular complexity index is 1180. The van der Waals surface area contributed by atoms with Crippen LogP contribution in [0.5, 0.6) is 0 Å². The quantitative estimate of drug-likeness (QED) is 0.291. The fourth-order valence-corrected chi connectivity index (χ4v) is 5.87. The van der Waals surface area contributed by atoms with Crippen LogP contribution >= 0.6 is 45.8 Å². The van der Waals surface area contributed by atoms with Crippen molar-refractivity contribution in [2.75, 3.05) is 0 Å². The second-order valence-corrected chi connectivity index (χ2v) is 9.00. The fourth-order valence-electron chi connectivity index (χ4n) is 2.47. The number of thioether (sulfide) groups is 1. The first-order valence-electron chi connectivity index (χ1n) is 7.51. The Morgan fingerprint density at radius 2 is 2.23 bits per heavy atom. The first-order chi connectivity index (χ1) is 12.7. The van der Waals surface area contributed by atoms with Crippen molar-refractivity contribution in [1.82, 2.24) is 19.7 Å². The van der Waals surface area contributed by atoms with Gasteiger partial charge in [-0.15, -0.1) is 29.3 Å². The normalized spacial score (nSPS) is 11.2. The number of aromatic amines is 1. The van der Waals surface area contributed by atoms with Crippen LogP contribution in [-0.2, 0) is 12.3 Å². The molecular formula is C16H12N4O2S4. The summed E-state index contributed by atoms with van der Waals surface area (Å²) in [5, 5.41) is 12.3. The van der Waals surface area contributed by atoms with Gasteiger partial charge >= 0.3 is 4.87 Å². The van der Waals surface area contributed by atoms with Crippen LogP contribution in [0.15, 0.2) is 50.3 Å². The molecule has 0 saturated heterocycles. The third kappa shape index (κ3) is 3.20. The minimum Gasteiger partial charge on any atom is -0.283 e. The van der Waals surface area contributed by atoms with Gasteiger partial charge in [0.25, 0.3) is 5.56 Å². The van der Waals surface area contributed by atoms with E-state index in [4.69, 9.17) is 4.98 Å². The summed E-state index contributed by atoms with van der Waals surface area (Å²) in [5.74, 6) is 0.474. The fraction of sp³-hybridized carbons (Fsp3) is 0.125. The third-order valence-corrected chi connectivity index (χ3v) is 7.26. The van der Waals surface area contributed by atoms with E-state index in [0.29, 0.717) is 27.8 Å². The van der Waals surface area contributed by atoms with Gasteiger partial charge in [0.15, 0.2) is 5.16 Å². The van der Waals surface area contributed by atoms with Crippen LogP contribution in [-0.4, -0.2) is 19.7 Å². The van der Waals surface area contributed by atoms with Crippen molar-refractivity contribution in [3.63, 3.8) is 0 Å². The zero-order valence-electron chi connectivity index (χ0n) is 13.3. The lowest BCUT2D eigenvalue weighted by Gasteiger charge is -2.09. The molecule has 26 heavy (non-hydrogen) atoms. The van der Waals surface area contributed by atoms with Crippen LogP contribution in [0.25, 0.3) is 20.7 Å². The van der Waals surface area contributed by atoms with Crippen molar-refractivity contribution in [3.05, 3.63) is 60.6 Å². The van der Waals surface area contributed by atoms with E-state index in [-0.39, 0.29) is 10.4 Å². The number of allylic oxidation sites excluding steroid dienone is 1. The lowest BCUT2D eigenvalue weighted by atomic mass is 10.2. The highest BCUT2D eigenvalue weighted by molar-refractivity contribution is 7.98. The van der Waals surface area contributed by atoms with E-state index in [9.17, 15) is 9.59 Å². The maximum atomic E-state index is 13.1. The predicted octanol–water partition coefficient (Wildman–Crippen LogP) is 3.81. The summed E-state index contributed by atoms with van der Waals surface area (Å²) in [7, 11) is 0. The number of nitrogens with zero attached hydrogens (tertiary/aromatic N) is 3. The van der Waals surface area contributed by atoms with Gasteiger partial charge in [0.2, 0.25) is 0 Å². The number of aromatic nitrogens is 4. The molecule has 4 aromatic heterocycles. The maximum absolute atomic E-state index is 13.1. The molecule has 4 heterocycles. The third-order valence-electron chi connectivity index (χ3n) is 3.56. The molecular weight excluding hydrogens is 408 g/mol. The molecule has 0 bridgehead atoms. The summed E-state index contributed by atoms with van der Waals surface area (Å²) in [4.78, 5) is 30.6. The molecule has 0 aromatic carbocycles. The maximum Gasteiger partial charge on any atom is 0.322 e. The zero-order chi connectivity index (χ0) is 18.1. The summed E-state index contributed by atoms with van der Waals surface area (Å²) in [6.45, 7) is 4.13. The largest absolute Gasteiger partial charge is 0.322 e. The molecule has 0 atom stereocenters. The minimum absolute atomic E-state index is 0.0720. The number of hydrogen-bond donors (Lipinski definition) is 1. The second kappa shape index (κ2) is 7.31. The standard InChI is InChI=1S/C16H12N4O2S4/c1-2-5-20-14(21)12-9(10-4-3-6-23-10)7-24-13(12)17-15(20)25-8-11-18-19-16(22)26-11/h2-4,6-7H,1,5,8H2,(H,19,22). The van der Waals surface area contributed by atoms with Crippen molar-refractivity contribution in [3.8, 4) is 10.4 Å². The van der Waals surface area contributed by atoms with E-state index in [0.717, 1.165) is 26.6 Å². The molecule has 10 heteroatoms. The van der Waals surface area contributed by atoms with Crippen molar-refractivity contribution >= 4 is 56.0 Å². The van der Waals surface area contributed by atoms with Gasteiger partial charge in [0.1, 0.15) is 9.84 Å². The van der Waals surface area contributed by atoms with Gasteiger partial charge in [-0.3, -0.25) is 14.2 Å². The molecule has 0 spiro atoms. The van der Waals surface area contributed by atoms with Crippen LogP contribution in [0.2, 0.25) is 0 Å². The minimum atomic E-state index is -0.189. The number of hydrogen-bond acceptors (Lipinski definition) is 8. The second-order valence-electron chi connectivity index (χ2n) is 5.20. The summed E-state index contributed by atoms with van der Waals surface area (Å²) >= 11 is 5.52. The molecule has 132 valence electrons. The van der Waals surface area contributed by atoms with Crippen LogP contribution < -0.4 is 10.4 Å². The number of nitrogens with one attached hydrogen (secondary N) is 1. The average molecular weight is 421 g/mol. The Morgan fingerprint density at radius 3 is 2.92 bits per heavy atom. The van der Waals surface area contributed by atoms with Gasteiger partial charge in [-0.1, -0.05) is 35.2 Å². The van der Waals surface area contributed by atoms with E-state index >= 15 is 0 Å². The molecule has 0 aliphatic rings. The Kier molecular flexibility index (Phi) is 4.90. The molecule has 0 unspecified atom stereocenters. The Morgan fingerprint density at radius 1 is 1.35 bits per heavy atom. The van der Waals surface area contributed by atoms with Crippen LogP contribution in [0.3, 0.4) is 0 Å². The van der Waals surface area contributed by atoms with Crippen LogP contribution in [0.1, 0.15) is 5.01 Å². The molecule has 6 nitrogen and oxygen atoms in total. The van der Waals surface area contributed by atoms with E-state index in [1.54, 1.807) is 22.0 Å². The van der Waals surface area contributed by atoms with Gasteiger partial charge in [-0.05, 0) is 11.4 Å². The highest BCUT2D eigenvalue weighted by atomic mass is 32.2. The summed E-state index contributed by atoms with van der Waals surface area (Å²) in [6.07, 6.45) is 1.68. The van der Waals surface area contributed by atoms with Gasteiger partial charge in [0, 0.05) is 22.4 Å². The Balaban J connectivity index is 1.80. The van der Waals surface area contributed by atoms with E-state index in [1.807, 2.05) is 22.9 Å². The van der Waals surface area contributed by atoms with Crippen molar-refractivity contribution < 1.29 is 0 Å². The van der Waals surface area contributed by atoms with E-state index in [1.165, 1.54) is 23.1 Å². The zero-order valence-corrected chi connectivity index (χ0v) is 16.6. The first kappa shape index (κ1) is 17.4. The number of thiophene rings is 2. The van der Waals surface area contributed by atoms with E-state index in [2.05, 4.69) is 16.8 Å². The van der Waals surface area contributed by atoms with Crippen LogP contribution in [0.4, 0.5) is 0 Å². The molecule has 0 amide bonds. The van der Waals surface area contributed by atoms with E-state index < -0.39 is 0 Å². The van der Waals surface area contributed by atoms with Gasteiger partial charge in [0.05, 0.1) is 11.1 Å². The molecule has 4 rings (SSSR count). The SMILES string of the molecule is C=CCn1c(SCc2n[nH]c(=O)s2)nc2scc(-c3cccs3)c2c1=O. The smallest absolute Gasteiger partial charge is 0.283 e. The molecule has 0 saturated carbocycles. The molecule has 0 radical (unpaired) electrons. The molecule has 0 fully saturated rings. The number of fused-ring (bicyclic) bond motifs is 1. The van der Waals surface area contributed by atoms with Crippen molar-refractivity contribution in [1.29, 1.82) is 0 Å². The Hall–Kier alpha value is -2.01. The first-order valence-corrected chi connectivity index (χ1v) is 11.1. The molecule has 0 aliphatic heterocycles. The Labute approximate surface area is 163 Å². The topological polar surface area (TPSA) is 80.6 Å². The predicted molar refractivity (Wildman–Crippen MR) is 110 cm³/mol. The van der Waals surface area contributed by atoms with Crippen molar-refractivity contribution in [2.24, 2.45) is 0 Å². The lowest BCUT2D eigenvalue weighted by Crippen LogP contribution is -2.22. The summed E-state index contributed by atoms with van der Waals surface area (Å²) in [6, 6.07) is 3.98. The highest BCUT2D eigenvalue weighted by Gasteiger charge is 2.17. The summed E-state index contributed by atoms with van der Waals surface area (Å²) < 4.78 is 1.62. The lowest BCUT2D eigenvalue weighted by molar-refractivity contribution is 0.673. The summed E-state index contributed by atoms with van der Waals surface area (Å²) in [5.41, 5.74) is 0.856. The van der Waals surface area contributed by atoms with Gasteiger partial charge in [-0.25, -0.2) is 10.1 Å². The number of H-pyrrole nitrogens is 1. The van der Waals surface area contributed by atoms with Gasteiger partial charge < -0.3 is 0 Å². The number of rotatable bonds is 6. The van der Waals surface area contributed by atoms with Crippen LogP contribution in [0, 0.1) is 0 Å². The highest BCUT2D eigenvalue weighted by Crippen LogP contribution is 2.34. The van der Waals surface area contributed by atoms with Crippen molar-refractivity contribution in [2.45, 2.75) is 17.5 Å². The molecule has 4 aromatic rings. The molecule has 0 aliphatic carbocycles. The monoisotopic (exact) mass is 420 g/mol. The molecule has 1 N–H and O–H groups in total.